The lowest BCUT2D eigenvalue weighted by Crippen LogP contribution is -2.29. The van der Waals surface area contributed by atoms with E-state index < -0.39 is 5.60 Å². The zero-order chi connectivity index (χ0) is 8.20. The molecule has 0 aromatic carbocycles. The summed E-state index contributed by atoms with van der Waals surface area (Å²) in [6.45, 7) is 4.66. The lowest BCUT2D eigenvalue weighted by molar-refractivity contribution is -0.150. The molecule has 0 saturated carbocycles. The summed E-state index contributed by atoms with van der Waals surface area (Å²) in [6.07, 6.45) is 1.90. The largest absolute Gasteiger partial charge is 0.451 e. The molecular formula is C7H11O3. The average Bonchev–Trinajstić information content (AvgIpc) is 1.87. The molecular weight excluding hydrogens is 132 g/mol. The number of esters is 1. The number of rotatable bonds is 3. The van der Waals surface area contributed by atoms with Crippen molar-refractivity contribution in [1.29, 1.82) is 0 Å². The molecule has 0 saturated heterocycles. The maximum Gasteiger partial charge on any atom is 0.306 e. The molecule has 0 atom stereocenters. The van der Waals surface area contributed by atoms with Crippen molar-refractivity contribution >= 4 is 12.3 Å². The van der Waals surface area contributed by atoms with E-state index in [0.717, 1.165) is 0 Å². The zero-order valence-electron chi connectivity index (χ0n) is 6.43. The van der Waals surface area contributed by atoms with Gasteiger partial charge < -0.3 is 4.74 Å². The zero-order valence-corrected chi connectivity index (χ0v) is 6.43. The van der Waals surface area contributed by atoms with Crippen LogP contribution in [0.25, 0.3) is 0 Å². The summed E-state index contributed by atoms with van der Waals surface area (Å²) in [5, 5.41) is 0. The van der Waals surface area contributed by atoms with Crippen LogP contribution in [0.5, 0.6) is 0 Å². The van der Waals surface area contributed by atoms with Crippen molar-refractivity contribution in [2.75, 3.05) is 0 Å². The fourth-order valence-corrected chi connectivity index (χ4v) is 0.378. The van der Waals surface area contributed by atoms with E-state index in [-0.39, 0.29) is 12.4 Å². The van der Waals surface area contributed by atoms with Gasteiger partial charge in [0.05, 0.1) is 0 Å². The molecule has 0 amide bonds. The van der Waals surface area contributed by atoms with Gasteiger partial charge in [-0.3, -0.25) is 9.59 Å². The van der Waals surface area contributed by atoms with Gasteiger partial charge in [-0.2, -0.15) is 0 Å². The van der Waals surface area contributed by atoms with Crippen molar-refractivity contribution in [2.24, 2.45) is 0 Å². The normalized spacial score (nSPS) is 10.7. The van der Waals surface area contributed by atoms with Gasteiger partial charge in [0.15, 0.2) is 5.60 Å². The number of hydrogen-bond acceptors (Lipinski definition) is 3. The molecule has 57 valence electrons. The highest BCUT2D eigenvalue weighted by Gasteiger charge is 2.21. The molecule has 0 unspecified atom stereocenters. The van der Waals surface area contributed by atoms with E-state index >= 15 is 0 Å². The van der Waals surface area contributed by atoms with Crippen LogP contribution in [0.15, 0.2) is 0 Å². The SMILES string of the molecule is CCC(=O)OC(C)(C)[C]=O. The minimum atomic E-state index is -1.09. The van der Waals surface area contributed by atoms with Crippen molar-refractivity contribution in [3.63, 3.8) is 0 Å². The summed E-state index contributed by atoms with van der Waals surface area (Å²) in [7, 11) is 0. The quantitative estimate of drug-likeness (QED) is 0.549. The first-order chi connectivity index (χ1) is 4.52. The van der Waals surface area contributed by atoms with Crippen LogP contribution < -0.4 is 0 Å². The van der Waals surface area contributed by atoms with E-state index in [2.05, 4.69) is 4.74 Å². The van der Waals surface area contributed by atoms with Crippen molar-refractivity contribution in [3.05, 3.63) is 0 Å². The van der Waals surface area contributed by atoms with Gasteiger partial charge in [-0.1, -0.05) is 6.92 Å². The van der Waals surface area contributed by atoms with Gasteiger partial charge in [-0.15, -0.1) is 0 Å². The topological polar surface area (TPSA) is 43.4 Å². The predicted molar refractivity (Wildman–Crippen MR) is 36.2 cm³/mol. The van der Waals surface area contributed by atoms with Gasteiger partial charge in [0, 0.05) is 6.42 Å². The van der Waals surface area contributed by atoms with Crippen LogP contribution in [-0.2, 0) is 14.3 Å². The Balaban J connectivity index is 3.88. The Labute approximate surface area is 60.4 Å². The second-order valence-electron chi connectivity index (χ2n) is 2.44. The smallest absolute Gasteiger partial charge is 0.306 e. The molecule has 0 aromatic heterocycles. The predicted octanol–water partition coefficient (Wildman–Crippen LogP) is 0.828. The second kappa shape index (κ2) is 3.34. The highest BCUT2D eigenvalue weighted by molar-refractivity contribution is 5.74. The van der Waals surface area contributed by atoms with Crippen LogP contribution in [0.4, 0.5) is 0 Å². The third kappa shape index (κ3) is 3.22. The fraction of sp³-hybridized carbons (Fsp3) is 0.714. The summed E-state index contributed by atoms with van der Waals surface area (Å²) < 4.78 is 4.67. The summed E-state index contributed by atoms with van der Waals surface area (Å²) in [5.41, 5.74) is -1.09. The summed E-state index contributed by atoms with van der Waals surface area (Å²) in [4.78, 5) is 20.7. The standard InChI is InChI=1S/C7H11O3/c1-4-6(9)10-7(2,3)5-8/h4H2,1-3H3. The monoisotopic (exact) mass is 143 g/mol. The number of hydrogen-bond donors (Lipinski definition) is 0. The second-order valence-corrected chi connectivity index (χ2v) is 2.44. The Kier molecular flexibility index (Phi) is 3.06. The molecule has 0 fully saturated rings. The Bertz CT molecular complexity index is 138. The molecule has 0 aliphatic carbocycles. The van der Waals surface area contributed by atoms with E-state index in [9.17, 15) is 9.59 Å². The Morgan fingerprint density at radius 2 is 2.10 bits per heavy atom. The summed E-state index contributed by atoms with van der Waals surface area (Å²) in [5.74, 6) is -0.381. The first kappa shape index (κ1) is 9.14. The molecule has 3 heteroatoms. The van der Waals surface area contributed by atoms with Gasteiger partial charge in [-0.25, -0.2) is 0 Å². The third-order valence-electron chi connectivity index (χ3n) is 0.903. The van der Waals surface area contributed by atoms with Gasteiger partial charge in [0.25, 0.3) is 0 Å². The molecule has 1 radical (unpaired) electrons. The van der Waals surface area contributed by atoms with Crippen LogP contribution in [0.1, 0.15) is 27.2 Å². The minimum absolute atomic E-state index is 0.283. The van der Waals surface area contributed by atoms with Crippen LogP contribution >= 0.6 is 0 Å². The molecule has 0 N–H and O–H groups in total. The number of carbonyl (C=O) groups excluding carboxylic acids is 2. The molecule has 0 aliphatic rings. The van der Waals surface area contributed by atoms with Gasteiger partial charge in [0.2, 0.25) is 6.29 Å². The molecule has 0 heterocycles. The van der Waals surface area contributed by atoms with E-state index in [1.54, 1.807) is 13.2 Å². The van der Waals surface area contributed by atoms with Crippen LogP contribution in [0, 0.1) is 0 Å². The molecule has 3 nitrogen and oxygen atoms in total. The highest BCUT2D eigenvalue weighted by atomic mass is 16.6. The van der Waals surface area contributed by atoms with Crippen molar-refractivity contribution in [1.82, 2.24) is 0 Å². The molecule has 0 bridgehead atoms. The van der Waals surface area contributed by atoms with Crippen LogP contribution in [-0.4, -0.2) is 17.9 Å². The fourth-order valence-electron chi connectivity index (χ4n) is 0.378. The molecule has 0 aliphatic heterocycles. The molecule has 10 heavy (non-hydrogen) atoms. The van der Waals surface area contributed by atoms with Gasteiger partial charge in [0.1, 0.15) is 0 Å². The Morgan fingerprint density at radius 1 is 1.60 bits per heavy atom. The van der Waals surface area contributed by atoms with E-state index in [4.69, 9.17) is 0 Å². The third-order valence-corrected chi connectivity index (χ3v) is 0.903. The summed E-state index contributed by atoms with van der Waals surface area (Å²) in [6, 6.07) is 0. The lowest BCUT2D eigenvalue weighted by Gasteiger charge is -2.15. The van der Waals surface area contributed by atoms with E-state index in [1.165, 1.54) is 13.8 Å². The molecule has 0 rings (SSSR count). The maximum absolute atomic E-state index is 10.6. The van der Waals surface area contributed by atoms with Crippen molar-refractivity contribution in [3.8, 4) is 0 Å². The maximum atomic E-state index is 10.6. The lowest BCUT2D eigenvalue weighted by atomic mass is 10.2. The van der Waals surface area contributed by atoms with Gasteiger partial charge >= 0.3 is 5.97 Å². The van der Waals surface area contributed by atoms with Crippen LogP contribution in [0.2, 0.25) is 0 Å². The van der Waals surface area contributed by atoms with E-state index in [0.29, 0.717) is 0 Å². The van der Waals surface area contributed by atoms with Crippen molar-refractivity contribution in [2.45, 2.75) is 32.8 Å². The molecule has 0 aromatic rings. The summed E-state index contributed by atoms with van der Waals surface area (Å²) >= 11 is 0. The van der Waals surface area contributed by atoms with Gasteiger partial charge in [-0.05, 0) is 13.8 Å². The number of ether oxygens (including phenoxy) is 1. The Hall–Kier alpha value is -0.860. The first-order valence-corrected chi connectivity index (χ1v) is 3.13. The first-order valence-electron chi connectivity index (χ1n) is 3.13. The van der Waals surface area contributed by atoms with Crippen molar-refractivity contribution < 1.29 is 14.3 Å². The number of carbonyl (C=O) groups is 1. The van der Waals surface area contributed by atoms with E-state index in [1.807, 2.05) is 0 Å². The Morgan fingerprint density at radius 3 is 2.40 bits per heavy atom. The minimum Gasteiger partial charge on any atom is -0.451 e. The van der Waals surface area contributed by atoms with Crippen LogP contribution in [0.3, 0.4) is 0 Å². The highest BCUT2D eigenvalue weighted by Crippen LogP contribution is 2.05. The average molecular weight is 143 g/mol. The molecule has 0 spiro atoms.